The number of thioether (sulfide) groups is 1. The van der Waals surface area contributed by atoms with E-state index < -0.39 is 20.0 Å². The van der Waals surface area contributed by atoms with Crippen LogP contribution in [0.15, 0.2) is 57.2 Å². The third-order valence-electron chi connectivity index (χ3n) is 5.45. The summed E-state index contributed by atoms with van der Waals surface area (Å²) < 4.78 is 55.0. The summed E-state index contributed by atoms with van der Waals surface area (Å²) >= 11 is 1.41. The largest absolute Gasteiger partial charge is 0.325 e. The van der Waals surface area contributed by atoms with Crippen LogP contribution in [0.4, 0.5) is 5.69 Å². The first-order valence-electron chi connectivity index (χ1n) is 10.5. The molecule has 1 fully saturated rings. The van der Waals surface area contributed by atoms with Crippen LogP contribution in [-0.4, -0.2) is 63.8 Å². The van der Waals surface area contributed by atoms with Crippen molar-refractivity contribution < 1.29 is 21.6 Å². The molecular formula is C22H29N3O5S3. The molecule has 1 saturated heterocycles. The van der Waals surface area contributed by atoms with Crippen molar-refractivity contribution in [3.63, 3.8) is 0 Å². The molecular weight excluding hydrogens is 482 g/mol. The van der Waals surface area contributed by atoms with Gasteiger partial charge in [0, 0.05) is 37.0 Å². The number of nitrogens with one attached hydrogen (secondary N) is 1. The Morgan fingerprint density at radius 2 is 1.36 bits per heavy atom. The Hall–Kier alpha value is -1.92. The first-order valence-corrected chi connectivity index (χ1v) is 14.6. The standard InChI is InChI=1S/C22H29N3O5S3/c1-16(2)22(26)23-20-15-19(9-10-21(20)31-4)33(29,30)25-13-11-24(12-14-25)32(27,28)18-7-5-17(3)6-8-18/h5-10,15-16H,11-14H2,1-4H3,(H,23,26). The van der Waals surface area contributed by atoms with Crippen molar-refractivity contribution in [2.45, 2.75) is 35.5 Å². The molecule has 0 spiro atoms. The maximum atomic E-state index is 13.3. The van der Waals surface area contributed by atoms with Crippen LogP contribution in [0.25, 0.3) is 0 Å². The average molecular weight is 512 g/mol. The van der Waals surface area contributed by atoms with E-state index in [0.29, 0.717) is 5.69 Å². The Kier molecular flexibility index (Phi) is 7.90. The van der Waals surface area contributed by atoms with Gasteiger partial charge in [0.1, 0.15) is 0 Å². The Morgan fingerprint density at radius 1 is 0.879 bits per heavy atom. The summed E-state index contributed by atoms with van der Waals surface area (Å²) in [6, 6.07) is 11.3. The van der Waals surface area contributed by atoms with E-state index in [1.54, 1.807) is 44.2 Å². The van der Waals surface area contributed by atoms with Gasteiger partial charge in [0.15, 0.2) is 0 Å². The first kappa shape index (κ1) is 25.7. The van der Waals surface area contributed by atoms with Crippen LogP contribution in [0.5, 0.6) is 0 Å². The number of piperazine rings is 1. The number of carbonyl (C=O) groups excluding carboxylic acids is 1. The summed E-state index contributed by atoms with van der Waals surface area (Å²) in [5, 5.41) is 2.80. The molecule has 1 aliphatic rings. The van der Waals surface area contributed by atoms with Crippen molar-refractivity contribution in [3.05, 3.63) is 48.0 Å². The number of benzene rings is 2. The van der Waals surface area contributed by atoms with Crippen LogP contribution in [0.1, 0.15) is 19.4 Å². The minimum Gasteiger partial charge on any atom is -0.325 e. The molecule has 11 heteroatoms. The van der Waals surface area contributed by atoms with Crippen molar-refractivity contribution in [3.8, 4) is 0 Å². The topological polar surface area (TPSA) is 104 Å². The molecule has 3 rings (SSSR count). The zero-order valence-electron chi connectivity index (χ0n) is 19.1. The zero-order valence-corrected chi connectivity index (χ0v) is 21.6. The van der Waals surface area contributed by atoms with E-state index in [9.17, 15) is 21.6 Å². The van der Waals surface area contributed by atoms with Crippen LogP contribution in [0.3, 0.4) is 0 Å². The number of rotatable bonds is 7. The van der Waals surface area contributed by atoms with Crippen LogP contribution < -0.4 is 5.32 Å². The minimum atomic E-state index is -3.85. The predicted octanol–water partition coefficient (Wildman–Crippen LogP) is 3.01. The van der Waals surface area contributed by atoms with Gasteiger partial charge < -0.3 is 5.32 Å². The molecule has 33 heavy (non-hydrogen) atoms. The highest BCUT2D eigenvalue weighted by Gasteiger charge is 2.34. The lowest BCUT2D eigenvalue weighted by atomic mass is 10.2. The number of hydrogen-bond donors (Lipinski definition) is 1. The van der Waals surface area contributed by atoms with Crippen LogP contribution in [0, 0.1) is 12.8 Å². The maximum absolute atomic E-state index is 13.3. The monoisotopic (exact) mass is 511 g/mol. The number of aryl methyl sites for hydroxylation is 1. The number of nitrogens with zero attached hydrogens (tertiary/aromatic N) is 2. The van der Waals surface area contributed by atoms with Gasteiger partial charge in [-0.2, -0.15) is 8.61 Å². The molecule has 0 atom stereocenters. The van der Waals surface area contributed by atoms with Gasteiger partial charge in [-0.1, -0.05) is 31.5 Å². The molecule has 1 amide bonds. The van der Waals surface area contributed by atoms with Crippen LogP contribution >= 0.6 is 11.8 Å². The fourth-order valence-corrected chi connectivity index (χ4v) is 6.79. The number of amides is 1. The molecule has 8 nitrogen and oxygen atoms in total. The number of carbonyl (C=O) groups is 1. The number of sulfonamides is 2. The van der Waals surface area contributed by atoms with E-state index >= 15 is 0 Å². The van der Waals surface area contributed by atoms with Gasteiger partial charge in [0.2, 0.25) is 26.0 Å². The van der Waals surface area contributed by atoms with Gasteiger partial charge >= 0.3 is 0 Å². The molecule has 0 aliphatic carbocycles. The van der Waals surface area contributed by atoms with Gasteiger partial charge in [0.25, 0.3) is 0 Å². The quantitative estimate of drug-likeness (QED) is 0.573. The minimum absolute atomic E-state index is 0.0470. The molecule has 0 unspecified atom stereocenters. The second-order valence-electron chi connectivity index (χ2n) is 8.13. The van der Waals surface area contributed by atoms with Gasteiger partial charge in [0.05, 0.1) is 15.5 Å². The summed E-state index contributed by atoms with van der Waals surface area (Å²) in [6.07, 6.45) is 1.85. The molecule has 1 N–H and O–H groups in total. The maximum Gasteiger partial charge on any atom is 0.243 e. The smallest absolute Gasteiger partial charge is 0.243 e. The summed E-state index contributed by atoms with van der Waals surface area (Å²) in [6.45, 7) is 5.63. The summed E-state index contributed by atoms with van der Waals surface area (Å²) in [7, 11) is -7.54. The van der Waals surface area contributed by atoms with Crippen molar-refractivity contribution in [2.24, 2.45) is 5.92 Å². The molecule has 2 aromatic rings. The van der Waals surface area contributed by atoms with Crippen molar-refractivity contribution in [1.82, 2.24) is 8.61 Å². The van der Waals surface area contributed by atoms with E-state index in [0.717, 1.165) is 10.5 Å². The SMILES string of the molecule is CSc1ccc(S(=O)(=O)N2CCN(S(=O)(=O)c3ccc(C)cc3)CC2)cc1NC(=O)C(C)C. The Balaban J connectivity index is 1.78. The van der Waals surface area contributed by atoms with Crippen molar-refractivity contribution in [2.75, 3.05) is 37.8 Å². The van der Waals surface area contributed by atoms with Crippen LogP contribution in [0.2, 0.25) is 0 Å². The zero-order chi connectivity index (χ0) is 24.4. The lowest BCUT2D eigenvalue weighted by molar-refractivity contribution is -0.118. The van der Waals surface area contributed by atoms with E-state index in [4.69, 9.17) is 0 Å². The van der Waals surface area contributed by atoms with Crippen molar-refractivity contribution >= 4 is 43.4 Å². The highest BCUT2D eigenvalue weighted by atomic mass is 32.2. The summed E-state index contributed by atoms with van der Waals surface area (Å²) in [5.74, 6) is -0.446. The van der Waals surface area contributed by atoms with E-state index in [-0.39, 0.29) is 47.8 Å². The fourth-order valence-electron chi connectivity index (χ4n) is 3.38. The van der Waals surface area contributed by atoms with Crippen molar-refractivity contribution in [1.29, 1.82) is 0 Å². The molecule has 1 heterocycles. The summed E-state index contributed by atoms with van der Waals surface area (Å²) in [5.41, 5.74) is 1.41. The molecule has 0 radical (unpaired) electrons. The number of hydrogen-bond acceptors (Lipinski definition) is 6. The average Bonchev–Trinajstić information content (AvgIpc) is 2.79. The normalized spacial score (nSPS) is 16.2. The highest BCUT2D eigenvalue weighted by Crippen LogP contribution is 2.30. The first-order chi connectivity index (χ1) is 15.5. The predicted molar refractivity (Wildman–Crippen MR) is 130 cm³/mol. The molecule has 2 aromatic carbocycles. The van der Waals surface area contributed by atoms with Gasteiger partial charge in [-0.25, -0.2) is 16.8 Å². The molecule has 0 saturated carbocycles. The lowest BCUT2D eigenvalue weighted by Gasteiger charge is -2.33. The Bertz CT molecular complexity index is 1220. The van der Waals surface area contributed by atoms with Gasteiger partial charge in [-0.3, -0.25) is 4.79 Å². The number of anilines is 1. The van der Waals surface area contributed by atoms with E-state index in [1.165, 1.54) is 32.5 Å². The van der Waals surface area contributed by atoms with Gasteiger partial charge in [-0.05, 0) is 43.5 Å². The van der Waals surface area contributed by atoms with E-state index in [2.05, 4.69) is 5.32 Å². The third kappa shape index (κ3) is 5.60. The van der Waals surface area contributed by atoms with Crippen LogP contribution in [-0.2, 0) is 24.8 Å². The van der Waals surface area contributed by atoms with Gasteiger partial charge in [-0.15, -0.1) is 11.8 Å². The Morgan fingerprint density at radius 3 is 1.85 bits per heavy atom. The Labute approximate surface area is 200 Å². The highest BCUT2D eigenvalue weighted by molar-refractivity contribution is 7.98. The lowest BCUT2D eigenvalue weighted by Crippen LogP contribution is -2.50. The molecule has 0 aromatic heterocycles. The fraction of sp³-hybridized carbons (Fsp3) is 0.409. The molecule has 0 bridgehead atoms. The second kappa shape index (κ2) is 10.1. The summed E-state index contributed by atoms with van der Waals surface area (Å²) in [4.78, 5) is 13.2. The molecule has 1 aliphatic heterocycles. The second-order valence-corrected chi connectivity index (χ2v) is 12.9. The van der Waals surface area contributed by atoms with E-state index in [1.807, 2.05) is 13.2 Å². The molecule has 180 valence electrons. The third-order valence-corrected chi connectivity index (χ3v) is 10.1.